The van der Waals surface area contributed by atoms with Crippen molar-refractivity contribution in [2.24, 2.45) is 5.73 Å². The van der Waals surface area contributed by atoms with Crippen LogP contribution in [0, 0.1) is 0 Å². The molecule has 0 aliphatic heterocycles. The molecule has 0 spiro atoms. The highest BCUT2D eigenvalue weighted by atomic mass is 32.1. The normalized spacial score (nSPS) is 11.6. The highest BCUT2D eigenvalue weighted by Gasteiger charge is 2.21. The van der Waals surface area contributed by atoms with Gasteiger partial charge in [-0.15, -0.1) is 0 Å². The molecule has 94 valence electrons. The minimum absolute atomic E-state index is 0.0660. The third-order valence-electron chi connectivity index (χ3n) is 2.66. The first-order valence-electron chi connectivity index (χ1n) is 5.25. The van der Waals surface area contributed by atoms with Gasteiger partial charge in [0.2, 0.25) is 5.88 Å². The predicted octanol–water partition coefficient (Wildman–Crippen LogP) is 0.830. The molecule has 0 saturated heterocycles. The third-order valence-corrected chi connectivity index (χ3v) is 2.87. The summed E-state index contributed by atoms with van der Waals surface area (Å²) in [5, 5.41) is 0. The summed E-state index contributed by atoms with van der Waals surface area (Å²) < 4.78 is 5.57. The fraction of sp³-hybridized carbons (Fsp3) is 0.545. The summed E-state index contributed by atoms with van der Waals surface area (Å²) in [6.45, 7) is 4.70. The van der Waals surface area contributed by atoms with Gasteiger partial charge in [-0.2, -0.15) is 0 Å². The molecular formula is C11H18N4OS. The SMILES string of the molecule is CN(C)C(C)(C)COc1cnc(C(N)=S)cn1. The lowest BCUT2D eigenvalue weighted by molar-refractivity contribution is 0.111. The van der Waals surface area contributed by atoms with Gasteiger partial charge >= 0.3 is 0 Å². The summed E-state index contributed by atoms with van der Waals surface area (Å²) in [6.07, 6.45) is 3.04. The maximum Gasteiger partial charge on any atom is 0.232 e. The van der Waals surface area contributed by atoms with Crippen LogP contribution >= 0.6 is 12.2 Å². The lowest BCUT2D eigenvalue weighted by Crippen LogP contribution is -2.43. The number of aromatic nitrogens is 2. The molecule has 1 rings (SSSR count). The van der Waals surface area contributed by atoms with Crippen molar-refractivity contribution in [3.05, 3.63) is 18.1 Å². The van der Waals surface area contributed by atoms with Crippen molar-refractivity contribution >= 4 is 17.2 Å². The maximum absolute atomic E-state index is 5.57. The first-order chi connectivity index (χ1) is 7.83. The van der Waals surface area contributed by atoms with E-state index < -0.39 is 0 Å². The van der Waals surface area contributed by atoms with Crippen LogP contribution in [0.2, 0.25) is 0 Å². The first-order valence-corrected chi connectivity index (χ1v) is 5.66. The third kappa shape index (κ3) is 3.90. The zero-order valence-electron chi connectivity index (χ0n) is 10.6. The van der Waals surface area contributed by atoms with Gasteiger partial charge in [-0.1, -0.05) is 12.2 Å². The quantitative estimate of drug-likeness (QED) is 0.785. The summed E-state index contributed by atoms with van der Waals surface area (Å²) in [4.78, 5) is 10.5. The van der Waals surface area contributed by atoms with Crippen LogP contribution < -0.4 is 10.5 Å². The van der Waals surface area contributed by atoms with Crippen molar-refractivity contribution in [3.8, 4) is 5.88 Å². The van der Waals surface area contributed by atoms with Crippen molar-refractivity contribution in [1.82, 2.24) is 14.9 Å². The minimum Gasteiger partial charge on any atom is -0.475 e. The molecule has 5 nitrogen and oxygen atoms in total. The topological polar surface area (TPSA) is 64.3 Å². The van der Waals surface area contributed by atoms with Gasteiger partial charge in [-0.05, 0) is 27.9 Å². The van der Waals surface area contributed by atoms with Crippen molar-refractivity contribution in [3.63, 3.8) is 0 Å². The minimum atomic E-state index is -0.0660. The van der Waals surface area contributed by atoms with E-state index in [0.717, 1.165) is 0 Å². The predicted molar refractivity (Wildman–Crippen MR) is 71.2 cm³/mol. The highest BCUT2D eigenvalue weighted by molar-refractivity contribution is 7.80. The Morgan fingerprint density at radius 3 is 2.47 bits per heavy atom. The van der Waals surface area contributed by atoms with Crippen LogP contribution in [0.25, 0.3) is 0 Å². The molecule has 0 saturated carbocycles. The van der Waals surface area contributed by atoms with Gasteiger partial charge in [0.15, 0.2) is 0 Å². The molecule has 0 amide bonds. The summed E-state index contributed by atoms with van der Waals surface area (Å²) in [5.41, 5.74) is 5.86. The van der Waals surface area contributed by atoms with E-state index in [4.69, 9.17) is 22.7 Å². The van der Waals surface area contributed by atoms with E-state index in [0.29, 0.717) is 18.2 Å². The molecule has 1 aromatic rings. The van der Waals surface area contributed by atoms with E-state index >= 15 is 0 Å². The molecular weight excluding hydrogens is 236 g/mol. The van der Waals surface area contributed by atoms with Crippen LogP contribution in [0.3, 0.4) is 0 Å². The van der Waals surface area contributed by atoms with E-state index in [1.165, 1.54) is 12.4 Å². The number of hydrogen-bond donors (Lipinski definition) is 1. The molecule has 0 aliphatic carbocycles. The number of nitrogens with zero attached hydrogens (tertiary/aromatic N) is 3. The number of hydrogen-bond acceptors (Lipinski definition) is 5. The van der Waals surface area contributed by atoms with Crippen LogP contribution in [-0.2, 0) is 0 Å². The van der Waals surface area contributed by atoms with Crippen LogP contribution in [0.5, 0.6) is 5.88 Å². The maximum atomic E-state index is 5.57. The highest BCUT2D eigenvalue weighted by Crippen LogP contribution is 2.12. The average molecular weight is 254 g/mol. The first kappa shape index (κ1) is 13.8. The molecule has 2 N–H and O–H groups in total. The molecule has 0 radical (unpaired) electrons. The van der Waals surface area contributed by atoms with E-state index in [-0.39, 0.29) is 10.5 Å². The standard InChI is InChI=1S/C11H18N4OS/c1-11(2,15(3)4)7-16-9-6-13-8(5-14-9)10(12)17/h5-6H,7H2,1-4H3,(H2,12,17). The fourth-order valence-corrected chi connectivity index (χ4v) is 1.00. The van der Waals surface area contributed by atoms with E-state index in [9.17, 15) is 0 Å². The van der Waals surface area contributed by atoms with Gasteiger partial charge in [0, 0.05) is 5.54 Å². The summed E-state index contributed by atoms with van der Waals surface area (Å²) in [7, 11) is 4.01. The Hall–Kier alpha value is -1.27. The molecule has 0 unspecified atom stereocenters. The number of nitrogens with two attached hydrogens (primary N) is 1. The Kier molecular flexibility index (Phi) is 4.36. The Morgan fingerprint density at radius 1 is 1.41 bits per heavy atom. The van der Waals surface area contributed by atoms with Crippen LogP contribution in [0.1, 0.15) is 19.5 Å². The lowest BCUT2D eigenvalue weighted by Gasteiger charge is -2.31. The van der Waals surface area contributed by atoms with Crippen LogP contribution in [0.4, 0.5) is 0 Å². The summed E-state index contributed by atoms with van der Waals surface area (Å²) >= 11 is 4.79. The average Bonchev–Trinajstić information content (AvgIpc) is 2.27. The van der Waals surface area contributed by atoms with Crippen molar-refractivity contribution in [2.75, 3.05) is 20.7 Å². The van der Waals surface area contributed by atoms with Gasteiger partial charge in [-0.25, -0.2) is 9.97 Å². The van der Waals surface area contributed by atoms with Gasteiger partial charge < -0.3 is 15.4 Å². The monoisotopic (exact) mass is 254 g/mol. The second kappa shape index (κ2) is 5.37. The molecule has 17 heavy (non-hydrogen) atoms. The Labute approximate surface area is 107 Å². The number of thiocarbonyl (C=S) groups is 1. The molecule has 0 aliphatic rings. The van der Waals surface area contributed by atoms with Crippen LogP contribution in [0.15, 0.2) is 12.4 Å². The number of ether oxygens (including phenoxy) is 1. The molecule has 0 aromatic carbocycles. The number of rotatable bonds is 5. The van der Waals surface area contributed by atoms with Gasteiger partial charge in [-0.3, -0.25) is 0 Å². The van der Waals surface area contributed by atoms with E-state index in [2.05, 4.69) is 28.7 Å². The Balaban J connectivity index is 2.62. The summed E-state index contributed by atoms with van der Waals surface area (Å²) in [6, 6.07) is 0. The van der Waals surface area contributed by atoms with Gasteiger partial charge in [0.1, 0.15) is 17.3 Å². The zero-order valence-corrected chi connectivity index (χ0v) is 11.4. The smallest absolute Gasteiger partial charge is 0.232 e. The number of likely N-dealkylation sites (N-methyl/N-ethyl adjacent to an activating group) is 1. The molecule has 0 atom stereocenters. The van der Waals surface area contributed by atoms with Gasteiger partial charge in [0.05, 0.1) is 12.4 Å². The van der Waals surface area contributed by atoms with Crippen molar-refractivity contribution in [2.45, 2.75) is 19.4 Å². The van der Waals surface area contributed by atoms with Gasteiger partial charge in [0.25, 0.3) is 0 Å². The Bertz CT molecular complexity index is 389. The molecule has 1 heterocycles. The van der Waals surface area contributed by atoms with E-state index in [1.54, 1.807) is 0 Å². The molecule has 0 fully saturated rings. The van der Waals surface area contributed by atoms with E-state index in [1.807, 2.05) is 14.1 Å². The molecule has 6 heteroatoms. The van der Waals surface area contributed by atoms with Crippen molar-refractivity contribution in [1.29, 1.82) is 0 Å². The molecule has 0 bridgehead atoms. The fourth-order valence-electron chi connectivity index (χ4n) is 0.898. The zero-order chi connectivity index (χ0) is 13.1. The lowest BCUT2D eigenvalue weighted by atomic mass is 10.1. The second-order valence-corrected chi connectivity index (χ2v) is 5.04. The van der Waals surface area contributed by atoms with Crippen LogP contribution in [-0.4, -0.2) is 46.1 Å². The Morgan fingerprint density at radius 2 is 2.06 bits per heavy atom. The largest absolute Gasteiger partial charge is 0.475 e. The summed E-state index contributed by atoms with van der Waals surface area (Å²) in [5.74, 6) is 0.472. The second-order valence-electron chi connectivity index (χ2n) is 4.60. The van der Waals surface area contributed by atoms with Crippen molar-refractivity contribution < 1.29 is 4.74 Å². The molecule has 1 aromatic heterocycles.